The van der Waals surface area contributed by atoms with E-state index in [-0.39, 0.29) is 11.8 Å². The molecule has 1 saturated heterocycles. The van der Waals surface area contributed by atoms with Crippen molar-refractivity contribution in [2.75, 3.05) is 38.5 Å². The van der Waals surface area contributed by atoms with Gasteiger partial charge in [0.2, 0.25) is 5.91 Å². The van der Waals surface area contributed by atoms with Crippen LogP contribution in [0.25, 0.3) is 0 Å². The fourth-order valence-electron chi connectivity index (χ4n) is 4.13. The normalized spacial score (nSPS) is 26.6. The van der Waals surface area contributed by atoms with E-state index in [2.05, 4.69) is 34.7 Å². The third-order valence-corrected chi connectivity index (χ3v) is 7.44. The van der Waals surface area contributed by atoms with Gasteiger partial charge < -0.3 is 20.6 Å². The summed E-state index contributed by atoms with van der Waals surface area (Å²) in [5.74, 6) is 2.27. The third kappa shape index (κ3) is 6.14. The molecular weight excluding hydrogens is 396 g/mol. The van der Waals surface area contributed by atoms with Crippen molar-refractivity contribution in [3.05, 3.63) is 35.9 Å². The Morgan fingerprint density at radius 3 is 2.77 bits per heavy atom. The van der Waals surface area contributed by atoms with Crippen LogP contribution in [0.1, 0.15) is 38.7 Å². The number of likely N-dealkylation sites (tertiary alicyclic amines) is 1. The lowest BCUT2D eigenvalue weighted by Crippen LogP contribution is -2.53. The minimum Gasteiger partial charge on any atom is -0.387 e. The second kappa shape index (κ2) is 11.0. The number of aliphatic imine (C=N–C) groups is 1. The Morgan fingerprint density at radius 1 is 1.30 bits per heavy atom. The van der Waals surface area contributed by atoms with Gasteiger partial charge >= 0.3 is 0 Å². The van der Waals surface area contributed by atoms with Gasteiger partial charge in [-0.2, -0.15) is 11.8 Å². The number of guanidine groups is 1. The zero-order chi connectivity index (χ0) is 21.4. The summed E-state index contributed by atoms with van der Waals surface area (Å²) in [6.07, 6.45) is 3.37. The predicted molar refractivity (Wildman–Crippen MR) is 125 cm³/mol. The first-order valence-electron chi connectivity index (χ1n) is 11.2. The van der Waals surface area contributed by atoms with E-state index in [4.69, 9.17) is 0 Å². The van der Waals surface area contributed by atoms with E-state index in [9.17, 15) is 9.90 Å². The van der Waals surface area contributed by atoms with E-state index >= 15 is 0 Å². The number of hydrogen-bond donors (Lipinski definition) is 3. The molecule has 1 saturated carbocycles. The summed E-state index contributed by atoms with van der Waals surface area (Å²) in [4.78, 5) is 19.0. The first kappa shape index (κ1) is 22.9. The summed E-state index contributed by atoms with van der Waals surface area (Å²) < 4.78 is 0. The highest BCUT2D eigenvalue weighted by atomic mass is 32.2. The molecule has 1 aliphatic heterocycles. The monoisotopic (exact) mass is 432 g/mol. The lowest BCUT2D eigenvalue weighted by Gasteiger charge is -2.44. The van der Waals surface area contributed by atoms with Crippen LogP contribution in [-0.2, 0) is 11.2 Å². The van der Waals surface area contributed by atoms with Crippen LogP contribution < -0.4 is 10.6 Å². The topological polar surface area (TPSA) is 77.0 Å². The molecule has 2 aliphatic rings. The van der Waals surface area contributed by atoms with Gasteiger partial charge in [0.05, 0.1) is 12.1 Å². The molecule has 3 rings (SSSR count). The Hall–Kier alpha value is -1.73. The maximum Gasteiger partial charge on any atom is 0.223 e. The van der Waals surface area contributed by atoms with Gasteiger partial charge in [-0.3, -0.25) is 9.79 Å². The Kier molecular flexibility index (Phi) is 8.45. The fraction of sp³-hybridized carbons (Fsp3) is 0.652. The molecule has 1 heterocycles. The van der Waals surface area contributed by atoms with Gasteiger partial charge in [-0.25, -0.2) is 0 Å². The van der Waals surface area contributed by atoms with E-state index in [0.29, 0.717) is 24.8 Å². The second-order valence-corrected chi connectivity index (χ2v) is 9.79. The molecule has 166 valence electrons. The summed E-state index contributed by atoms with van der Waals surface area (Å²) in [6.45, 7) is 7.63. The molecule has 0 radical (unpaired) electrons. The van der Waals surface area contributed by atoms with Crippen molar-refractivity contribution >= 4 is 23.6 Å². The summed E-state index contributed by atoms with van der Waals surface area (Å²) >= 11 is 1.82. The maximum atomic E-state index is 12.4. The molecule has 0 aromatic heterocycles. The molecule has 30 heavy (non-hydrogen) atoms. The van der Waals surface area contributed by atoms with E-state index in [1.54, 1.807) is 0 Å². The lowest BCUT2D eigenvalue weighted by atomic mass is 9.79. The maximum absolute atomic E-state index is 12.4. The number of nitrogens with zero attached hydrogens (tertiary/aromatic N) is 2. The molecule has 2 fully saturated rings. The smallest absolute Gasteiger partial charge is 0.223 e. The fourth-order valence-corrected chi connectivity index (χ4v) is 5.32. The van der Waals surface area contributed by atoms with Crippen molar-refractivity contribution in [2.45, 2.75) is 50.4 Å². The number of carbonyl (C=O) groups excluding carboxylic acids is 1. The SMILES string of the molecule is CCNC(=NCC1(O)CCC1SCC)NCC1CC(=O)N(CCc2ccccc2)C1. The number of thioether (sulfide) groups is 1. The highest BCUT2D eigenvalue weighted by Crippen LogP contribution is 2.41. The van der Waals surface area contributed by atoms with Crippen LogP contribution in [0.3, 0.4) is 0 Å². The molecule has 0 bridgehead atoms. The van der Waals surface area contributed by atoms with Crippen molar-refractivity contribution in [3.63, 3.8) is 0 Å². The van der Waals surface area contributed by atoms with Crippen LogP contribution >= 0.6 is 11.8 Å². The van der Waals surface area contributed by atoms with Crippen molar-refractivity contribution in [3.8, 4) is 0 Å². The molecule has 1 aliphatic carbocycles. The van der Waals surface area contributed by atoms with Crippen LogP contribution in [0.2, 0.25) is 0 Å². The number of amides is 1. The average Bonchev–Trinajstić information content (AvgIpc) is 3.11. The number of aliphatic hydroxyl groups is 1. The highest BCUT2D eigenvalue weighted by molar-refractivity contribution is 8.00. The van der Waals surface area contributed by atoms with Crippen molar-refractivity contribution in [1.82, 2.24) is 15.5 Å². The first-order valence-corrected chi connectivity index (χ1v) is 12.3. The summed E-state index contributed by atoms with van der Waals surface area (Å²) in [6, 6.07) is 10.3. The largest absolute Gasteiger partial charge is 0.387 e. The number of carbonyl (C=O) groups is 1. The van der Waals surface area contributed by atoms with E-state index in [1.165, 1.54) is 5.56 Å². The zero-order valence-electron chi connectivity index (χ0n) is 18.3. The summed E-state index contributed by atoms with van der Waals surface area (Å²) in [7, 11) is 0. The number of nitrogens with one attached hydrogen (secondary N) is 2. The predicted octanol–water partition coefficient (Wildman–Crippen LogP) is 2.28. The quantitative estimate of drug-likeness (QED) is 0.391. The van der Waals surface area contributed by atoms with E-state index < -0.39 is 5.60 Å². The van der Waals surface area contributed by atoms with Crippen LogP contribution in [0.15, 0.2) is 35.3 Å². The van der Waals surface area contributed by atoms with E-state index in [0.717, 1.165) is 50.6 Å². The van der Waals surface area contributed by atoms with Gasteiger partial charge in [0.15, 0.2) is 5.96 Å². The number of hydrogen-bond acceptors (Lipinski definition) is 4. The number of benzene rings is 1. The van der Waals surface area contributed by atoms with Crippen LogP contribution in [-0.4, -0.2) is 71.2 Å². The van der Waals surface area contributed by atoms with Gasteiger partial charge in [0.25, 0.3) is 0 Å². The highest BCUT2D eigenvalue weighted by Gasteiger charge is 2.45. The number of rotatable bonds is 10. The molecular formula is C23H36N4O2S. The van der Waals surface area contributed by atoms with Gasteiger partial charge in [0.1, 0.15) is 0 Å². The molecule has 6 nitrogen and oxygen atoms in total. The van der Waals surface area contributed by atoms with Crippen molar-refractivity contribution in [1.29, 1.82) is 0 Å². The second-order valence-electron chi connectivity index (χ2n) is 8.31. The third-order valence-electron chi connectivity index (χ3n) is 6.03. The zero-order valence-corrected chi connectivity index (χ0v) is 19.1. The van der Waals surface area contributed by atoms with Gasteiger partial charge in [-0.05, 0) is 37.5 Å². The lowest BCUT2D eigenvalue weighted by molar-refractivity contribution is -0.127. The van der Waals surface area contributed by atoms with Crippen LogP contribution in [0.5, 0.6) is 0 Å². The standard InChI is InChI=1S/C23H36N4O2S/c1-3-24-22(26-17-23(29)12-10-20(23)30-4-2)25-15-19-14-21(28)27(16-19)13-11-18-8-6-5-7-9-18/h5-9,19-20,29H,3-4,10-17H2,1-2H3,(H2,24,25,26). The Balaban J connectivity index is 1.46. The Bertz CT molecular complexity index is 714. The van der Waals surface area contributed by atoms with Crippen LogP contribution in [0, 0.1) is 5.92 Å². The minimum absolute atomic E-state index is 0.239. The Morgan fingerprint density at radius 2 is 2.10 bits per heavy atom. The van der Waals surface area contributed by atoms with Crippen LogP contribution in [0.4, 0.5) is 0 Å². The van der Waals surface area contributed by atoms with E-state index in [1.807, 2.05) is 41.8 Å². The summed E-state index contributed by atoms with van der Waals surface area (Å²) in [5, 5.41) is 17.7. The molecule has 1 amide bonds. The van der Waals surface area contributed by atoms with Crippen molar-refractivity contribution in [2.24, 2.45) is 10.9 Å². The molecule has 3 atom stereocenters. The molecule has 1 aromatic rings. The molecule has 1 aromatic carbocycles. The Labute approximate surface area is 184 Å². The molecule has 3 unspecified atom stereocenters. The van der Waals surface area contributed by atoms with Gasteiger partial charge in [-0.1, -0.05) is 37.3 Å². The molecule has 0 spiro atoms. The average molecular weight is 433 g/mol. The first-order chi connectivity index (χ1) is 14.5. The molecule has 3 N–H and O–H groups in total. The minimum atomic E-state index is -0.680. The van der Waals surface area contributed by atoms with Gasteiger partial charge in [-0.15, -0.1) is 0 Å². The molecule has 7 heteroatoms. The van der Waals surface area contributed by atoms with Crippen molar-refractivity contribution < 1.29 is 9.90 Å². The van der Waals surface area contributed by atoms with Gasteiger partial charge in [0, 0.05) is 43.8 Å². The summed E-state index contributed by atoms with van der Waals surface area (Å²) in [5.41, 5.74) is 0.586.